The highest BCUT2D eigenvalue weighted by atomic mass is 35.5. The van der Waals surface area contributed by atoms with Gasteiger partial charge in [-0.3, -0.25) is 9.10 Å². The van der Waals surface area contributed by atoms with Crippen molar-refractivity contribution in [1.29, 1.82) is 5.26 Å². The van der Waals surface area contributed by atoms with Crippen LogP contribution in [0.4, 0.5) is 5.69 Å². The van der Waals surface area contributed by atoms with Crippen LogP contribution in [-0.4, -0.2) is 20.7 Å². The Balaban J connectivity index is 2.18. The smallest absolute Gasteiger partial charge is 0.265 e. The number of nitrogens with zero attached hydrogens (tertiary/aromatic N) is 2. The normalized spacial score (nSPS) is 14.3. The van der Waals surface area contributed by atoms with E-state index in [1.165, 1.54) is 30.3 Å². The molecule has 2 aromatic rings. The number of carbonyl (C=O) groups excluding carboxylic acids is 1. The van der Waals surface area contributed by atoms with Crippen LogP contribution in [0.3, 0.4) is 0 Å². The number of anilines is 1. The summed E-state index contributed by atoms with van der Waals surface area (Å²) in [6.45, 7) is 0.0373. The average molecular weight is 347 g/mol. The van der Waals surface area contributed by atoms with Crippen LogP contribution in [0.25, 0.3) is 0 Å². The molecule has 1 aliphatic heterocycles. The lowest BCUT2D eigenvalue weighted by Crippen LogP contribution is -2.37. The summed E-state index contributed by atoms with van der Waals surface area (Å²) >= 11 is 5.91. The Morgan fingerprint density at radius 2 is 1.91 bits per heavy atom. The molecule has 1 aliphatic rings. The molecule has 0 atom stereocenters. The van der Waals surface area contributed by atoms with E-state index in [2.05, 4.69) is 0 Å². The van der Waals surface area contributed by atoms with E-state index in [0.29, 0.717) is 10.7 Å². The Bertz CT molecular complexity index is 948. The number of sulfonamides is 1. The number of Topliss-reactive ketones (excluding diaryl/α,β-unsaturated/α-hetero) is 1. The van der Waals surface area contributed by atoms with Gasteiger partial charge in [-0.25, -0.2) is 8.42 Å². The van der Waals surface area contributed by atoms with Crippen LogP contribution in [-0.2, 0) is 10.0 Å². The maximum Gasteiger partial charge on any atom is 0.265 e. The van der Waals surface area contributed by atoms with Gasteiger partial charge in [-0.2, -0.15) is 5.26 Å². The molecule has 0 N–H and O–H groups in total. The summed E-state index contributed by atoms with van der Waals surface area (Å²) in [5.74, 6) is -0.150. The topological polar surface area (TPSA) is 78.2 Å². The SMILES string of the molecule is N#Cc1ccccc1S(=O)(=O)N1CCC(=O)c2cc(Cl)ccc21. The molecule has 2 aromatic carbocycles. The fourth-order valence-corrected chi connectivity index (χ4v) is 4.36. The first-order chi connectivity index (χ1) is 10.9. The van der Waals surface area contributed by atoms with Crippen molar-refractivity contribution in [3.8, 4) is 6.07 Å². The molecule has 116 valence electrons. The van der Waals surface area contributed by atoms with Gasteiger partial charge < -0.3 is 0 Å². The number of halogens is 1. The average Bonchev–Trinajstić information content (AvgIpc) is 2.55. The zero-order valence-electron chi connectivity index (χ0n) is 11.9. The number of hydrogen-bond donors (Lipinski definition) is 0. The number of hydrogen-bond acceptors (Lipinski definition) is 4. The van der Waals surface area contributed by atoms with Crippen LogP contribution in [0.1, 0.15) is 22.3 Å². The second-order valence-corrected chi connectivity index (χ2v) is 7.29. The highest BCUT2D eigenvalue weighted by Gasteiger charge is 2.33. The quantitative estimate of drug-likeness (QED) is 0.837. The van der Waals surface area contributed by atoms with Crippen molar-refractivity contribution < 1.29 is 13.2 Å². The number of fused-ring (bicyclic) bond motifs is 1. The van der Waals surface area contributed by atoms with Crippen LogP contribution >= 0.6 is 11.6 Å². The minimum absolute atomic E-state index is 0.0373. The van der Waals surface area contributed by atoms with E-state index in [-0.39, 0.29) is 34.8 Å². The van der Waals surface area contributed by atoms with Gasteiger partial charge in [0, 0.05) is 23.6 Å². The monoisotopic (exact) mass is 346 g/mol. The van der Waals surface area contributed by atoms with Crippen molar-refractivity contribution in [2.75, 3.05) is 10.8 Å². The molecular formula is C16H11ClN2O3S. The van der Waals surface area contributed by atoms with Crippen molar-refractivity contribution in [1.82, 2.24) is 0 Å². The minimum atomic E-state index is -3.94. The van der Waals surface area contributed by atoms with E-state index < -0.39 is 10.0 Å². The molecule has 7 heteroatoms. The van der Waals surface area contributed by atoms with Gasteiger partial charge in [-0.1, -0.05) is 23.7 Å². The first kappa shape index (κ1) is 15.5. The lowest BCUT2D eigenvalue weighted by molar-refractivity contribution is 0.0982. The molecule has 0 aliphatic carbocycles. The van der Waals surface area contributed by atoms with E-state index in [1.807, 2.05) is 6.07 Å². The molecule has 0 radical (unpaired) electrons. The predicted octanol–water partition coefficient (Wildman–Crippen LogP) is 2.99. The van der Waals surface area contributed by atoms with Crippen molar-refractivity contribution in [3.63, 3.8) is 0 Å². The van der Waals surface area contributed by atoms with Gasteiger partial charge in [-0.05, 0) is 30.3 Å². The summed E-state index contributed by atoms with van der Waals surface area (Å²) in [7, 11) is -3.94. The van der Waals surface area contributed by atoms with Gasteiger partial charge >= 0.3 is 0 Å². The van der Waals surface area contributed by atoms with Crippen LogP contribution in [0.2, 0.25) is 5.02 Å². The Labute approximate surface area is 138 Å². The molecule has 3 rings (SSSR count). The number of benzene rings is 2. The molecule has 0 spiro atoms. The van der Waals surface area contributed by atoms with Crippen LogP contribution in [0.5, 0.6) is 0 Å². The van der Waals surface area contributed by atoms with Crippen molar-refractivity contribution in [2.45, 2.75) is 11.3 Å². The molecule has 5 nitrogen and oxygen atoms in total. The molecule has 0 saturated heterocycles. The Hall–Kier alpha value is -2.36. The zero-order chi connectivity index (χ0) is 16.6. The van der Waals surface area contributed by atoms with Gasteiger partial charge in [0.15, 0.2) is 5.78 Å². The largest absolute Gasteiger partial charge is 0.294 e. The molecule has 0 saturated carbocycles. The minimum Gasteiger partial charge on any atom is -0.294 e. The second kappa shape index (κ2) is 5.69. The lowest BCUT2D eigenvalue weighted by Gasteiger charge is -2.30. The molecule has 0 aromatic heterocycles. The Kier molecular flexibility index (Phi) is 3.84. The van der Waals surface area contributed by atoms with Gasteiger partial charge in [0.25, 0.3) is 10.0 Å². The van der Waals surface area contributed by atoms with E-state index in [4.69, 9.17) is 16.9 Å². The summed E-state index contributed by atoms with van der Waals surface area (Å²) in [6.07, 6.45) is 0.0707. The molecular weight excluding hydrogens is 336 g/mol. The summed E-state index contributed by atoms with van der Waals surface area (Å²) in [5.41, 5.74) is 0.639. The molecule has 0 bridgehead atoms. The van der Waals surface area contributed by atoms with Crippen molar-refractivity contribution in [3.05, 3.63) is 58.6 Å². The maximum absolute atomic E-state index is 13.0. The Morgan fingerprint density at radius 1 is 1.17 bits per heavy atom. The Morgan fingerprint density at radius 3 is 2.65 bits per heavy atom. The molecule has 0 unspecified atom stereocenters. The fraction of sp³-hybridized carbons (Fsp3) is 0.125. The molecule has 23 heavy (non-hydrogen) atoms. The summed E-state index contributed by atoms with van der Waals surface area (Å²) in [4.78, 5) is 12.0. The van der Waals surface area contributed by atoms with E-state index in [0.717, 1.165) is 4.31 Å². The number of carbonyl (C=O) groups is 1. The zero-order valence-corrected chi connectivity index (χ0v) is 13.4. The van der Waals surface area contributed by atoms with E-state index in [1.54, 1.807) is 12.1 Å². The van der Waals surface area contributed by atoms with Gasteiger partial charge in [0.05, 0.1) is 11.3 Å². The predicted molar refractivity (Wildman–Crippen MR) is 86.1 cm³/mol. The van der Waals surface area contributed by atoms with E-state index in [9.17, 15) is 13.2 Å². The van der Waals surface area contributed by atoms with Gasteiger partial charge in [-0.15, -0.1) is 0 Å². The van der Waals surface area contributed by atoms with Crippen molar-refractivity contribution in [2.24, 2.45) is 0 Å². The molecule has 0 amide bonds. The molecule has 0 fully saturated rings. The highest BCUT2D eigenvalue weighted by Crippen LogP contribution is 2.34. The summed E-state index contributed by atoms with van der Waals surface area (Å²) in [6, 6.07) is 12.4. The number of rotatable bonds is 2. The number of nitriles is 1. The van der Waals surface area contributed by atoms with E-state index >= 15 is 0 Å². The van der Waals surface area contributed by atoms with Crippen LogP contribution in [0.15, 0.2) is 47.4 Å². The van der Waals surface area contributed by atoms with Gasteiger partial charge in [0.2, 0.25) is 0 Å². The first-order valence-corrected chi connectivity index (χ1v) is 8.61. The highest BCUT2D eigenvalue weighted by molar-refractivity contribution is 7.93. The summed E-state index contributed by atoms with van der Waals surface area (Å²) in [5, 5.41) is 9.52. The fourth-order valence-electron chi connectivity index (χ4n) is 2.56. The second-order valence-electron chi connectivity index (χ2n) is 5.02. The van der Waals surface area contributed by atoms with Crippen LogP contribution in [0, 0.1) is 11.3 Å². The molecule has 1 heterocycles. The van der Waals surface area contributed by atoms with Crippen molar-refractivity contribution >= 4 is 33.1 Å². The first-order valence-electron chi connectivity index (χ1n) is 6.80. The standard InChI is InChI=1S/C16H11ClN2O3S/c17-12-5-6-14-13(9-12)15(20)7-8-19(14)23(21,22)16-4-2-1-3-11(16)10-18/h1-6,9H,7-8H2. The third-order valence-corrected chi connectivity index (χ3v) is 5.75. The lowest BCUT2D eigenvalue weighted by atomic mass is 10.0. The third-order valence-electron chi connectivity index (χ3n) is 3.65. The van der Waals surface area contributed by atoms with Crippen LogP contribution < -0.4 is 4.31 Å². The van der Waals surface area contributed by atoms with Gasteiger partial charge in [0.1, 0.15) is 11.0 Å². The maximum atomic E-state index is 13.0. The summed E-state index contributed by atoms with van der Waals surface area (Å²) < 4.78 is 27.1. The number of ketones is 1. The third kappa shape index (κ3) is 2.58.